The quantitative estimate of drug-likeness (QED) is 0.571. The summed E-state index contributed by atoms with van der Waals surface area (Å²) in [6.45, 7) is 2.38. The molecule has 30 heavy (non-hydrogen) atoms. The van der Waals surface area contributed by atoms with Crippen LogP contribution >= 0.6 is 0 Å². The zero-order valence-electron chi connectivity index (χ0n) is 16.7. The molecule has 2 unspecified atom stereocenters. The van der Waals surface area contributed by atoms with E-state index in [1.165, 1.54) is 6.20 Å². The molecule has 2 atom stereocenters. The summed E-state index contributed by atoms with van der Waals surface area (Å²) in [7, 11) is 0. The first kappa shape index (κ1) is 20.7. The van der Waals surface area contributed by atoms with E-state index in [4.69, 9.17) is 4.74 Å². The van der Waals surface area contributed by atoms with Gasteiger partial charge in [-0.1, -0.05) is 43.3 Å². The number of alkyl halides is 3. The first-order valence-electron chi connectivity index (χ1n) is 10.2. The lowest BCUT2D eigenvalue weighted by Crippen LogP contribution is -2.48. The molecule has 3 aromatic rings. The predicted molar refractivity (Wildman–Crippen MR) is 110 cm³/mol. The molecular formula is C24H24F3NO2. The molecule has 1 aromatic heterocycles. The van der Waals surface area contributed by atoms with E-state index >= 15 is 0 Å². The van der Waals surface area contributed by atoms with Gasteiger partial charge in [0.2, 0.25) is 0 Å². The van der Waals surface area contributed by atoms with Gasteiger partial charge in [-0.15, -0.1) is 0 Å². The second-order valence-electron chi connectivity index (χ2n) is 7.94. The Morgan fingerprint density at radius 3 is 2.67 bits per heavy atom. The van der Waals surface area contributed by atoms with Crippen molar-refractivity contribution in [3.63, 3.8) is 0 Å². The van der Waals surface area contributed by atoms with Gasteiger partial charge >= 0.3 is 6.18 Å². The van der Waals surface area contributed by atoms with Gasteiger partial charge in [0.1, 0.15) is 5.75 Å². The highest BCUT2D eigenvalue weighted by Crippen LogP contribution is 2.45. The summed E-state index contributed by atoms with van der Waals surface area (Å²) in [4.78, 5) is 4.22. The molecule has 1 aliphatic heterocycles. The zero-order chi connectivity index (χ0) is 21.4. The minimum atomic E-state index is -4.77. The van der Waals surface area contributed by atoms with Gasteiger partial charge in [0, 0.05) is 24.4 Å². The van der Waals surface area contributed by atoms with Crippen LogP contribution in [0, 0.1) is 0 Å². The number of hydrogen-bond acceptors (Lipinski definition) is 3. The van der Waals surface area contributed by atoms with Gasteiger partial charge in [0.05, 0.1) is 12.1 Å². The lowest BCUT2D eigenvalue weighted by molar-refractivity contribution is -0.263. The third kappa shape index (κ3) is 3.76. The minimum Gasteiger partial charge on any atom is -0.493 e. The average Bonchev–Trinajstić information content (AvgIpc) is 3.21. The maximum absolute atomic E-state index is 14.2. The molecule has 0 bridgehead atoms. The number of fused-ring (bicyclic) bond motifs is 2. The smallest absolute Gasteiger partial charge is 0.417 e. The molecule has 0 amide bonds. The summed E-state index contributed by atoms with van der Waals surface area (Å²) in [6.07, 6.45) is -3.01. The van der Waals surface area contributed by atoms with Crippen LogP contribution in [0.1, 0.15) is 42.4 Å². The second-order valence-corrected chi connectivity index (χ2v) is 7.94. The monoisotopic (exact) mass is 415 g/mol. The van der Waals surface area contributed by atoms with Crippen molar-refractivity contribution in [1.82, 2.24) is 4.98 Å². The third-order valence-corrected chi connectivity index (χ3v) is 6.01. The predicted octanol–water partition coefficient (Wildman–Crippen LogP) is 5.59. The van der Waals surface area contributed by atoms with Crippen molar-refractivity contribution in [1.29, 1.82) is 0 Å². The summed E-state index contributed by atoms with van der Waals surface area (Å²) in [6, 6.07) is 14.2. The minimum absolute atomic E-state index is 0.427. The normalized spacial score (nSPS) is 16.7. The second kappa shape index (κ2) is 7.91. The Morgan fingerprint density at radius 1 is 1.10 bits per heavy atom. The number of nitrogens with zero attached hydrogens (tertiary/aromatic N) is 1. The van der Waals surface area contributed by atoms with Crippen LogP contribution in [0.3, 0.4) is 0 Å². The molecule has 4 rings (SSSR count). The van der Waals surface area contributed by atoms with Crippen molar-refractivity contribution in [3.05, 3.63) is 71.4 Å². The summed E-state index contributed by atoms with van der Waals surface area (Å²) < 4.78 is 48.3. The van der Waals surface area contributed by atoms with Gasteiger partial charge in [-0.2, -0.15) is 13.2 Å². The number of ether oxygens (including phenoxy) is 1. The van der Waals surface area contributed by atoms with Crippen molar-refractivity contribution < 1.29 is 23.0 Å². The summed E-state index contributed by atoms with van der Waals surface area (Å²) in [5, 5.41) is 11.6. The van der Waals surface area contributed by atoms with Gasteiger partial charge in [-0.25, -0.2) is 0 Å². The number of pyridine rings is 1. The Kier molecular flexibility index (Phi) is 5.45. The first-order valence-corrected chi connectivity index (χ1v) is 10.2. The van der Waals surface area contributed by atoms with E-state index in [0.29, 0.717) is 35.2 Å². The summed E-state index contributed by atoms with van der Waals surface area (Å²) >= 11 is 0. The van der Waals surface area contributed by atoms with E-state index in [1.54, 1.807) is 30.3 Å². The SMILES string of the molecule is CCC(CC(O)(Cc1ccnc2ccccc12)C(F)(F)F)c1cccc2c1OCC2. The van der Waals surface area contributed by atoms with Crippen molar-refractivity contribution in [3.8, 4) is 5.75 Å². The topological polar surface area (TPSA) is 42.4 Å². The highest BCUT2D eigenvalue weighted by Gasteiger charge is 2.54. The van der Waals surface area contributed by atoms with Gasteiger partial charge in [0.25, 0.3) is 0 Å². The van der Waals surface area contributed by atoms with E-state index < -0.39 is 30.5 Å². The fraction of sp³-hybridized carbons (Fsp3) is 0.375. The number of hydrogen-bond donors (Lipinski definition) is 1. The highest BCUT2D eigenvalue weighted by atomic mass is 19.4. The maximum Gasteiger partial charge on any atom is 0.417 e. The molecule has 2 heterocycles. The van der Waals surface area contributed by atoms with Crippen molar-refractivity contribution in [2.24, 2.45) is 0 Å². The number of aromatic nitrogens is 1. The van der Waals surface area contributed by atoms with Crippen molar-refractivity contribution in [2.75, 3.05) is 6.61 Å². The van der Waals surface area contributed by atoms with Crippen molar-refractivity contribution in [2.45, 2.75) is 50.3 Å². The van der Waals surface area contributed by atoms with Gasteiger partial charge < -0.3 is 9.84 Å². The van der Waals surface area contributed by atoms with Crippen LogP contribution in [-0.2, 0) is 12.8 Å². The molecule has 0 saturated heterocycles. The number of rotatable bonds is 6. The molecular weight excluding hydrogens is 391 g/mol. The van der Waals surface area contributed by atoms with Gasteiger partial charge in [-0.05, 0) is 47.6 Å². The number of halogens is 3. The molecule has 0 radical (unpaired) electrons. The van der Waals surface area contributed by atoms with E-state index in [9.17, 15) is 18.3 Å². The highest BCUT2D eigenvalue weighted by molar-refractivity contribution is 5.81. The maximum atomic E-state index is 14.2. The van der Waals surface area contributed by atoms with Gasteiger partial charge in [-0.3, -0.25) is 4.98 Å². The Labute approximate surface area is 173 Å². The molecule has 0 spiro atoms. The standard InChI is InChI=1S/C24H24F3NO2/c1-2-16(20-8-5-6-17-11-13-30-22(17)20)14-23(29,24(25,26)27)15-18-10-12-28-21-9-4-3-7-19(18)21/h3-10,12,16,29H,2,11,13-15H2,1H3. The summed E-state index contributed by atoms with van der Waals surface area (Å²) in [5.74, 6) is 0.209. The van der Waals surface area contributed by atoms with Crippen LogP contribution in [0.4, 0.5) is 13.2 Å². The molecule has 0 saturated carbocycles. The lowest BCUT2D eigenvalue weighted by atomic mass is 9.79. The summed E-state index contributed by atoms with van der Waals surface area (Å²) in [5.41, 5.74) is -0.0545. The van der Waals surface area contributed by atoms with Crippen LogP contribution < -0.4 is 4.74 Å². The van der Waals surface area contributed by atoms with E-state index in [-0.39, 0.29) is 0 Å². The molecule has 2 aromatic carbocycles. The largest absolute Gasteiger partial charge is 0.493 e. The Bertz CT molecular complexity index is 1040. The zero-order valence-corrected chi connectivity index (χ0v) is 16.7. The number of aliphatic hydroxyl groups is 1. The first-order chi connectivity index (χ1) is 14.3. The van der Waals surface area contributed by atoms with E-state index in [1.807, 2.05) is 25.1 Å². The van der Waals surface area contributed by atoms with Crippen LogP contribution in [0.2, 0.25) is 0 Å². The Morgan fingerprint density at radius 2 is 1.90 bits per heavy atom. The molecule has 1 N–H and O–H groups in total. The lowest BCUT2D eigenvalue weighted by Gasteiger charge is -2.34. The van der Waals surface area contributed by atoms with Crippen LogP contribution in [0.15, 0.2) is 54.7 Å². The Balaban J connectivity index is 1.71. The number of para-hydroxylation sites is 2. The number of benzene rings is 2. The molecule has 3 nitrogen and oxygen atoms in total. The van der Waals surface area contributed by atoms with E-state index in [0.717, 1.165) is 17.5 Å². The third-order valence-electron chi connectivity index (χ3n) is 6.01. The molecule has 1 aliphatic rings. The van der Waals surface area contributed by atoms with E-state index in [2.05, 4.69) is 4.98 Å². The van der Waals surface area contributed by atoms with Gasteiger partial charge in [0.15, 0.2) is 5.60 Å². The fourth-order valence-electron chi connectivity index (χ4n) is 4.36. The Hall–Kier alpha value is -2.60. The average molecular weight is 415 g/mol. The van der Waals surface area contributed by atoms with Crippen LogP contribution in [0.5, 0.6) is 5.75 Å². The molecule has 0 aliphatic carbocycles. The van der Waals surface area contributed by atoms with Crippen LogP contribution in [-0.4, -0.2) is 28.5 Å². The molecule has 158 valence electrons. The van der Waals surface area contributed by atoms with Crippen LogP contribution in [0.25, 0.3) is 10.9 Å². The fourth-order valence-corrected chi connectivity index (χ4v) is 4.36. The molecule has 6 heteroatoms. The van der Waals surface area contributed by atoms with Crippen molar-refractivity contribution >= 4 is 10.9 Å². The molecule has 0 fully saturated rings.